The summed E-state index contributed by atoms with van der Waals surface area (Å²) in [5, 5.41) is 12.6. The van der Waals surface area contributed by atoms with Crippen LogP contribution in [0.2, 0.25) is 0 Å². The van der Waals surface area contributed by atoms with E-state index in [9.17, 15) is 9.59 Å². The minimum atomic E-state index is -0.619. The van der Waals surface area contributed by atoms with Crippen LogP contribution in [-0.4, -0.2) is 29.8 Å². The van der Waals surface area contributed by atoms with Crippen LogP contribution in [0, 0.1) is 25.7 Å². The van der Waals surface area contributed by atoms with Crippen molar-refractivity contribution in [2.24, 2.45) is 22.0 Å². The zero-order valence-corrected chi connectivity index (χ0v) is 23.8. The standard InChI is InChI=1S/C33H36N4O3/c1-6-27-30(32(38)36(34-27)24-16-12-21(4)13-17-24)29(23-10-9-11-26(20-23)40-8-3)31-28(7-2)35-37(33(31)39)25-18-14-22(5)15-19-25/h9-20,29-31H,6-8H2,1-5H3. The van der Waals surface area contributed by atoms with E-state index in [1.54, 1.807) is 0 Å². The SMILES string of the molecule is CCOc1cccc(C(C2C(=O)N(c3ccc(C)cc3)N=C2CC)C2C(=O)N(c3ccc(C)cc3)N=C2CC)c1. The van der Waals surface area contributed by atoms with Crippen molar-refractivity contribution in [3.8, 4) is 5.75 Å². The lowest BCUT2D eigenvalue weighted by molar-refractivity contribution is -0.122. The molecule has 0 bridgehead atoms. The molecule has 0 N–H and O–H groups in total. The summed E-state index contributed by atoms with van der Waals surface area (Å²) in [6.07, 6.45) is 1.17. The van der Waals surface area contributed by atoms with Crippen molar-refractivity contribution in [3.63, 3.8) is 0 Å². The van der Waals surface area contributed by atoms with Crippen molar-refractivity contribution in [2.45, 2.75) is 53.4 Å². The largest absolute Gasteiger partial charge is 0.494 e. The van der Waals surface area contributed by atoms with E-state index in [1.807, 2.05) is 107 Å². The molecular formula is C33H36N4O3. The van der Waals surface area contributed by atoms with Crippen LogP contribution in [0.1, 0.15) is 56.2 Å². The van der Waals surface area contributed by atoms with E-state index in [4.69, 9.17) is 14.9 Å². The number of hydrogen-bond acceptors (Lipinski definition) is 5. The molecule has 0 aliphatic carbocycles. The number of aryl methyl sites for hydroxylation is 2. The van der Waals surface area contributed by atoms with Crippen LogP contribution in [-0.2, 0) is 9.59 Å². The van der Waals surface area contributed by atoms with Gasteiger partial charge in [-0.2, -0.15) is 10.2 Å². The number of carbonyl (C=O) groups is 2. The van der Waals surface area contributed by atoms with Crippen molar-refractivity contribution in [1.29, 1.82) is 0 Å². The molecule has 0 saturated heterocycles. The molecule has 0 spiro atoms. The Hall–Kier alpha value is -4.26. The number of nitrogens with zero attached hydrogens (tertiary/aromatic N) is 4. The molecule has 0 aromatic heterocycles. The van der Waals surface area contributed by atoms with Gasteiger partial charge in [-0.05, 0) is 75.6 Å². The van der Waals surface area contributed by atoms with Crippen LogP contribution in [0.3, 0.4) is 0 Å². The Kier molecular flexibility index (Phi) is 7.83. The molecule has 0 saturated carbocycles. The molecule has 2 unspecified atom stereocenters. The highest BCUT2D eigenvalue weighted by atomic mass is 16.5. The highest BCUT2D eigenvalue weighted by Crippen LogP contribution is 2.44. The quantitative estimate of drug-likeness (QED) is 0.308. The number of hydrazone groups is 2. The Morgan fingerprint density at radius 1 is 0.725 bits per heavy atom. The highest BCUT2D eigenvalue weighted by molar-refractivity contribution is 6.20. The van der Waals surface area contributed by atoms with Gasteiger partial charge >= 0.3 is 0 Å². The average molecular weight is 537 g/mol. The van der Waals surface area contributed by atoms with Gasteiger partial charge in [0.05, 0.1) is 41.2 Å². The maximum atomic E-state index is 14.2. The summed E-state index contributed by atoms with van der Waals surface area (Å²) in [6, 6.07) is 23.3. The second-order valence-corrected chi connectivity index (χ2v) is 10.3. The normalized spacial score (nSPS) is 19.6. The molecule has 40 heavy (non-hydrogen) atoms. The Labute approximate surface area is 236 Å². The number of carbonyl (C=O) groups excluding carboxylic acids is 2. The fourth-order valence-corrected chi connectivity index (χ4v) is 5.63. The number of amides is 2. The number of ether oxygens (including phenoxy) is 1. The van der Waals surface area contributed by atoms with Gasteiger partial charge in [-0.1, -0.05) is 61.4 Å². The van der Waals surface area contributed by atoms with E-state index in [2.05, 4.69) is 0 Å². The van der Waals surface area contributed by atoms with Gasteiger partial charge in [0.15, 0.2) is 0 Å². The molecule has 2 amide bonds. The van der Waals surface area contributed by atoms with Crippen LogP contribution in [0.5, 0.6) is 5.75 Å². The fraction of sp³-hybridized carbons (Fsp3) is 0.333. The molecule has 3 aromatic rings. The summed E-state index contributed by atoms with van der Waals surface area (Å²) in [5.74, 6) is -1.30. The average Bonchev–Trinajstić information content (AvgIpc) is 3.47. The van der Waals surface area contributed by atoms with Gasteiger partial charge in [0, 0.05) is 5.92 Å². The number of rotatable bonds is 9. The van der Waals surface area contributed by atoms with Crippen molar-refractivity contribution in [3.05, 3.63) is 89.5 Å². The third-order valence-electron chi connectivity index (χ3n) is 7.68. The lowest BCUT2D eigenvalue weighted by atomic mass is 9.71. The summed E-state index contributed by atoms with van der Waals surface area (Å²) < 4.78 is 5.83. The Balaban J connectivity index is 1.62. The summed E-state index contributed by atoms with van der Waals surface area (Å²) in [4.78, 5) is 28.5. The Morgan fingerprint density at radius 3 is 1.62 bits per heavy atom. The third-order valence-corrected chi connectivity index (χ3v) is 7.68. The van der Waals surface area contributed by atoms with Crippen LogP contribution < -0.4 is 14.8 Å². The molecule has 0 radical (unpaired) electrons. The van der Waals surface area contributed by atoms with Gasteiger partial charge in [0.2, 0.25) is 0 Å². The number of hydrogen-bond donors (Lipinski definition) is 0. The van der Waals surface area contributed by atoms with E-state index in [0.29, 0.717) is 36.6 Å². The number of benzene rings is 3. The van der Waals surface area contributed by atoms with Crippen molar-refractivity contribution in [1.82, 2.24) is 0 Å². The topological polar surface area (TPSA) is 74.6 Å². The third kappa shape index (κ3) is 5.04. The van der Waals surface area contributed by atoms with Crippen LogP contribution in [0.4, 0.5) is 11.4 Å². The summed E-state index contributed by atoms with van der Waals surface area (Å²) in [5.41, 5.74) is 6.02. The molecular weight excluding hydrogens is 500 g/mol. The van der Waals surface area contributed by atoms with E-state index in [1.165, 1.54) is 10.0 Å². The first-order valence-corrected chi connectivity index (χ1v) is 14.0. The fourth-order valence-electron chi connectivity index (χ4n) is 5.63. The molecule has 7 nitrogen and oxygen atoms in total. The molecule has 3 aromatic carbocycles. The van der Waals surface area contributed by atoms with Gasteiger partial charge in [-0.3, -0.25) is 9.59 Å². The first-order chi connectivity index (χ1) is 19.4. The second kappa shape index (κ2) is 11.5. The molecule has 7 heteroatoms. The minimum absolute atomic E-state index is 0.135. The Bertz CT molecular complexity index is 1370. The van der Waals surface area contributed by atoms with Crippen molar-refractivity contribution < 1.29 is 14.3 Å². The van der Waals surface area contributed by atoms with Gasteiger partial charge in [-0.15, -0.1) is 0 Å². The molecule has 2 atom stereocenters. The smallest absolute Gasteiger partial charge is 0.256 e. The van der Waals surface area contributed by atoms with Crippen LogP contribution >= 0.6 is 0 Å². The predicted octanol–water partition coefficient (Wildman–Crippen LogP) is 6.64. The van der Waals surface area contributed by atoms with Crippen LogP contribution in [0.25, 0.3) is 0 Å². The lowest BCUT2D eigenvalue weighted by Crippen LogP contribution is -2.40. The minimum Gasteiger partial charge on any atom is -0.494 e. The molecule has 0 fully saturated rings. The van der Waals surface area contributed by atoms with E-state index < -0.39 is 17.8 Å². The molecule has 2 heterocycles. The second-order valence-electron chi connectivity index (χ2n) is 10.3. The van der Waals surface area contributed by atoms with Gasteiger partial charge in [-0.25, -0.2) is 10.0 Å². The summed E-state index contributed by atoms with van der Waals surface area (Å²) >= 11 is 0. The van der Waals surface area contributed by atoms with E-state index in [0.717, 1.165) is 28.1 Å². The van der Waals surface area contributed by atoms with Crippen LogP contribution in [0.15, 0.2) is 83.0 Å². The maximum Gasteiger partial charge on any atom is 0.256 e. The summed E-state index contributed by atoms with van der Waals surface area (Å²) in [7, 11) is 0. The molecule has 5 rings (SSSR count). The number of anilines is 2. The highest BCUT2D eigenvalue weighted by Gasteiger charge is 2.51. The zero-order chi connectivity index (χ0) is 28.4. The molecule has 206 valence electrons. The zero-order valence-electron chi connectivity index (χ0n) is 23.8. The first-order valence-electron chi connectivity index (χ1n) is 14.0. The van der Waals surface area contributed by atoms with Crippen molar-refractivity contribution in [2.75, 3.05) is 16.6 Å². The van der Waals surface area contributed by atoms with Gasteiger partial charge in [0.1, 0.15) is 5.75 Å². The molecule has 2 aliphatic rings. The van der Waals surface area contributed by atoms with E-state index in [-0.39, 0.29) is 11.8 Å². The summed E-state index contributed by atoms with van der Waals surface area (Å²) in [6.45, 7) is 10.5. The maximum absolute atomic E-state index is 14.2. The van der Waals surface area contributed by atoms with Crippen molar-refractivity contribution >= 4 is 34.6 Å². The van der Waals surface area contributed by atoms with Gasteiger partial charge in [0.25, 0.3) is 11.8 Å². The Morgan fingerprint density at radius 2 is 1.20 bits per heavy atom. The predicted molar refractivity (Wildman–Crippen MR) is 160 cm³/mol. The van der Waals surface area contributed by atoms with Gasteiger partial charge < -0.3 is 4.74 Å². The monoisotopic (exact) mass is 536 g/mol. The molecule has 2 aliphatic heterocycles. The first kappa shape index (κ1) is 27.3. The lowest BCUT2D eigenvalue weighted by Gasteiger charge is -2.29. The van der Waals surface area contributed by atoms with E-state index >= 15 is 0 Å².